The number of aryl methyl sites for hydroxylation is 1. The van der Waals surface area contributed by atoms with Crippen LogP contribution in [0.3, 0.4) is 0 Å². The third-order valence-corrected chi connectivity index (χ3v) is 2.39. The Kier molecular flexibility index (Phi) is 2.82. The highest BCUT2D eigenvalue weighted by molar-refractivity contribution is 5.92. The van der Waals surface area contributed by atoms with E-state index in [4.69, 9.17) is 15.9 Å². The third kappa shape index (κ3) is 2.13. The van der Waals surface area contributed by atoms with Gasteiger partial charge in [-0.1, -0.05) is 13.0 Å². The molecule has 0 fully saturated rings. The molecule has 0 saturated carbocycles. The van der Waals surface area contributed by atoms with Crippen LogP contribution in [0.15, 0.2) is 28.7 Å². The predicted octanol–water partition coefficient (Wildman–Crippen LogP) is 1.59. The summed E-state index contributed by atoms with van der Waals surface area (Å²) in [5.41, 5.74) is 12.4. The Labute approximate surface area is 98.4 Å². The number of oxazole rings is 1. The molecule has 2 rings (SSSR count). The van der Waals surface area contributed by atoms with Gasteiger partial charge in [-0.15, -0.1) is 0 Å². The lowest BCUT2D eigenvalue weighted by Crippen LogP contribution is -2.13. The first kappa shape index (κ1) is 11.2. The van der Waals surface area contributed by atoms with Crippen molar-refractivity contribution in [3.05, 3.63) is 35.7 Å². The maximum Gasteiger partial charge on any atom is 0.270 e. The van der Waals surface area contributed by atoms with Gasteiger partial charge < -0.3 is 15.9 Å². The average molecular weight is 231 g/mol. The number of hydrogen-bond donors (Lipinski definition) is 2. The number of rotatable bonds is 3. The molecule has 5 heteroatoms. The predicted molar refractivity (Wildman–Crippen MR) is 64.2 cm³/mol. The Morgan fingerprint density at radius 3 is 2.76 bits per heavy atom. The van der Waals surface area contributed by atoms with Crippen LogP contribution < -0.4 is 11.5 Å². The molecule has 5 nitrogen and oxygen atoms in total. The van der Waals surface area contributed by atoms with Gasteiger partial charge in [0.2, 0.25) is 5.89 Å². The van der Waals surface area contributed by atoms with E-state index in [1.807, 2.05) is 13.0 Å². The zero-order valence-electron chi connectivity index (χ0n) is 9.43. The second kappa shape index (κ2) is 4.29. The van der Waals surface area contributed by atoms with Crippen molar-refractivity contribution in [1.82, 2.24) is 4.98 Å². The summed E-state index contributed by atoms with van der Waals surface area (Å²) in [5.74, 6) is 0.277. The van der Waals surface area contributed by atoms with E-state index >= 15 is 0 Å². The van der Waals surface area contributed by atoms with Crippen molar-refractivity contribution in [2.24, 2.45) is 5.73 Å². The molecule has 0 aliphatic carbocycles. The number of hydrogen-bond acceptors (Lipinski definition) is 4. The van der Waals surface area contributed by atoms with Crippen LogP contribution >= 0.6 is 0 Å². The van der Waals surface area contributed by atoms with Crippen LogP contribution in [0.5, 0.6) is 0 Å². The highest BCUT2D eigenvalue weighted by Crippen LogP contribution is 2.23. The minimum Gasteiger partial charge on any atom is -0.440 e. The molecule has 0 saturated heterocycles. The fourth-order valence-electron chi connectivity index (χ4n) is 1.58. The van der Waals surface area contributed by atoms with Crippen LogP contribution in [0.1, 0.15) is 23.2 Å². The van der Waals surface area contributed by atoms with E-state index in [-0.39, 0.29) is 5.69 Å². The Hall–Kier alpha value is -2.30. The Morgan fingerprint density at radius 1 is 1.47 bits per heavy atom. The number of anilines is 1. The van der Waals surface area contributed by atoms with Gasteiger partial charge in [-0.25, -0.2) is 4.98 Å². The maximum absolute atomic E-state index is 11.2. The second-order valence-corrected chi connectivity index (χ2v) is 3.63. The van der Waals surface area contributed by atoms with Crippen LogP contribution in [-0.4, -0.2) is 10.9 Å². The highest BCUT2D eigenvalue weighted by Gasteiger charge is 2.17. The van der Waals surface area contributed by atoms with Crippen LogP contribution in [0, 0.1) is 0 Å². The van der Waals surface area contributed by atoms with Gasteiger partial charge in [-0.05, 0) is 18.2 Å². The van der Waals surface area contributed by atoms with E-state index in [1.165, 1.54) is 0 Å². The molecule has 0 unspecified atom stereocenters. The summed E-state index contributed by atoms with van der Waals surface area (Å²) >= 11 is 0. The van der Waals surface area contributed by atoms with E-state index in [1.54, 1.807) is 18.2 Å². The van der Waals surface area contributed by atoms with Crippen molar-refractivity contribution in [3.8, 4) is 11.5 Å². The molecular formula is C12H13N3O2. The van der Waals surface area contributed by atoms with Crippen LogP contribution in [0.4, 0.5) is 5.69 Å². The van der Waals surface area contributed by atoms with E-state index < -0.39 is 5.91 Å². The Bertz CT molecular complexity index is 561. The summed E-state index contributed by atoms with van der Waals surface area (Å²) in [4.78, 5) is 15.3. The molecule has 0 radical (unpaired) electrons. The molecule has 88 valence electrons. The van der Waals surface area contributed by atoms with Crippen molar-refractivity contribution in [1.29, 1.82) is 0 Å². The summed E-state index contributed by atoms with van der Waals surface area (Å²) in [6.45, 7) is 1.87. The maximum atomic E-state index is 11.2. The van der Waals surface area contributed by atoms with Crippen molar-refractivity contribution in [2.75, 3.05) is 5.73 Å². The monoisotopic (exact) mass is 231 g/mol. The van der Waals surface area contributed by atoms with E-state index in [9.17, 15) is 4.79 Å². The molecule has 0 atom stereocenters. The number of nitrogens with zero attached hydrogens (tertiary/aromatic N) is 1. The number of primary amides is 1. The molecule has 0 aliphatic heterocycles. The Balaban J connectivity index is 2.50. The van der Waals surface area contributed by atoms with Gasteiger partial charge in [0.15, 0.2) is 5.69 Å². The first-order valence-corrected chi connectivity index (χ1v) is 5.27. The van der Waals surface area contributed by atoms with E-state index in [0.29, 0.717) is 23.8 Å². The molecule has 1 aromatic heterocycles. The number of nitrogens with two attached hydrogens (primary N) is 2. The molecule has 1 aromatic carbocycles. The van der Waals surface area contributed by atoms with Gasteiger partial charge >= 0.3 is 0 Å². The van der Waals surface area contributed by atoms with Crippen LogP contribution in [0.2, 0.25) is 0 Å². The number of carbonyl (C=O) groups is 1. The fourth-order valence-corrected chi connectivity index (χ4v) is 1.58. The first-order chi connectivity index (χ1) is 8.11. The van der Waals surface area contributed by atoms with Crippen LogP contribution in [-0.2, 0) is 6.42 Å². The van der Waals surface area contributed by atoms with Crippen molar-refractivity contribution in [3.63, 3.8) is 0 Å². The topological polar surface area (TPSA) is 95.1 Å². The summed E-state index contributed by atoms with van der Waals surface area (Å²) in [5, 5.41) is 0. The zero-order chi connectivity index (χ0) is 12.4. The molecule has 4 N–H and O–H groups in total. The summed E-state index contributed by atoms with van der Waals surface area (Å²) in [6.07, 6.45) is 0.563. The van der Waals surface area contributed by atoms with Crippen molar-refractivity contribution < 1.29 is 9.21 Å². The van der Waals surface area contributed by atoms with Crippen LogP contribution in [0.25, 0.3) is 11.5 Å². The third-order valence-electron chi connectivity index (χ3n) is 2.39. The van der Waals surface area contributed by atoms with E-state index in [2.05, 4.69) is 4.98 Å². The molecule has 2 aromatic rings. The quantitative estimate of drug-likeness (QED) is 0.784. The highest BCUT2D eigenvalue weighted by atomic mass is 16.4. The first-order valence-electron chi connectivity index (χ1n) is 5.27. The lowest BCUT2D eigenvalue weighted by atomic mass is 10.2. The molecule has 1 heterocycles. The number of amides is 1. The van der Waals surface area contributed by atoms with Gasteiger partial charge in [-0.3, -0.25) is 4.79 Å². The van der Waals surface area contributed by atoms with Gasteiger partial charge in [0.25, 0.3) is 5.91 Å². The SMILES string of the molecule is CCc1oc(-c2cccc(N)c2)nc1C(N)=O. The Morgan fingerprint density at radius 2 is 2.24 bits per heavy atom. The molecule has 0 aliphatic rings. The lowest BCUT2D eigenvalue weighted by molar-refractivity contribution is 0.0994. The van der Waals surface area contributed by atoms with Crippen molar-refractivity contribution >= 4 is 11.6 Å². The molecule has 17 heavy (non-hydrogen) atoms. The number of nitrogen functional groups attached to an aromatic ring is 1. The normalized spacial score (nSPS) is 10.4. The fraction of sp³-hybridized carbons (Fsp3) is 0.167. The number of carbonyl (C=O) groups excluding carboxylic acids is 1. The number of aromatic nitrogens is 1. The lowest BCUT2D eigenvalue weighted by Gasteiger charge is -1.96. The van der Waals surface area contributed by atoms with E-state index in [0.717, 1.165) is 5.56 Å². The molecular weight excluding hydrogens is 218 g/mol. The summed E-state index contributed by atoms with van der Waals surface area (Å²) in [6, 6.07) is 7.11. The number of benzene rings is 1. The summed E-state index contributed by atoms with van der Waals surface area (Å²) < 4.78 is 5.50. The summed E-state index contributed by atoms with van der Waals surface area (Å²) in [7, 11) is 0. The molecule has 0 spiro atoms. The smallest absolute Gasteiger partial charge is 0.270 e. The second-order valence-electron chi connectivity index (χ2n) is 3.63. The molecule has 0 bridgehead atoms. The van der Waals surface area contributed by atoms with Gasteiger partial charge in [0, 0.05) is 17.7 Å². The standard InChI is InChI=1S/C12H13N3O2/c1-2-9-10(11(14)16)15-12(17-9)7-4-3-5-8(13)6-7/h3-6H,2,13H2,1H3,(H2,14,16). The average Bonchev–Trinajstić information content (AvgIpc) is 2.73. The minimum atomic E-state index is -0.583. The zero-order valence-corrected chi connectivity index (χ0v) is 9.43. The minimum absolute atomic E-state index is 0.185. The molecule has 1 amide bonds. The van der Waals surface area contributed by atoms with Crippen molar-refractivity contribution in [2.45, 2.75) is 13.3 Å². The van der Waals surface area contributed by atoms with Gasteiger partial charge in [0.1, 0.15) is 5.76 Å². The van der Waals surface area contributed by atoms with Gasteiger partial charge in [0.05, 0.1) is 0 Å². The van der Waals surface area contributed by atoms with Gasteiger partial charge in [-0.2, -0.15) is 0 Å². The largest absolute Gasteiger partial charge is 0.440 e.